The summed E-state index contributed by atoms with van der Waals surface area (Å²) in [6.07, 6.45) is 6.44. The average molecular weight is 261 g/mol. The summed E-state index contributed by atoms with van der Waals surface area (Å²) in [7, 11) is 0. The minimum absolute atomic E-state index is 0.369. The predicted molar refractivity (Wildman–Crippen MR) is 76.3 cm³/mol. The molecule has 19 heavy (non-hydrogen) atoms. The highest BCUT2D eigenvalue weighted by molar-refractivity contribution is 5.87. The van der Waals surface area contributed by atoms with Gasteiger partial charge in [-0.05, 0) is 49.3 Å². The molecule has 0 unspecified atom stereocenters. The molecule has 1 aromatic carbocycles. The molecule has 1 aliphatic rings. The van der Waals surface area contributed by atoms with Crippen LogP contribution in [0.4, 0.5) is 0 Å². The van der Waals surface area contributed by atoms with Crippen molar-refractivity contribution in [2.24, 2.45) is 5.92 Å². The van der Waals surface area contributed by atoms with Crippen molar-refractivity contribution in [1.82, 2.24) is 5.32 Å². The van der Waals surface area contributed by atoms with Crippen LogP contribution in [0, 0.1) is 5.92 Å². The fourth-order valence-electron chi connectivity index (χ4n) is 2.85. The van der Waals surface area contributed by atoms with Crippen molar-refractivity contribution < 1.29 is 9.90 Å². The van der Waals surface area contributed by atoms with E-state index in [2.05, 4.69) is 12.2 Å². The lowest BCUT2D eigenvalue weighted by molar-refractivity contribution is 0.0696. The van der Waals surface area contributed by atoms with E-state index < -0.39 is 5.97 Å². The summed E-state index contributed by atoms with van der Waals surface area (Å²) in [6.45, 7) is 3.04. The first kappa shape index (κ1) is 14.1. The number of aromatic carboxylic acids is 1. The zero-order chi connectivity index (χ0) is 13.7. The van der Waals surface area contributed by atoms with Crippen LogP contribution in [-0.4, -0.2) is 17.1 Å². The molecule has 0 amide bonds. The molecule has 0 aromatic heterocycles. The zero-order valence-electron chi connectivity index (χ0n) is 11.6. The first-order valence-corrected chi connectivity index (χ1v) is 7.24. The number of benzene rings is 1. The minimum Gasteiger partial charge on any atom is -0.478 e. The van der Waals surface area contributed by atoms with Gasteiger partial charge in [-0.2, -0.15) is 0 Å². The second-order valence-corrected chi connectivity index (χ2v) is 5.51. The van der Waals surface area contributed by atoms with Crippen molar-refractivity contribution >= 4 is 5.97 Å². The second kappa shape index (κ2) is 6.71. The molecule has 2 rings (SSSR count). The number of nitrogens with one attached hydrogen (secondary N) is 1. The fourth-order valence-corrected chi connectivity index (χ4v) is 2.85. The van der Waals surface area contributed by atoms with Crippen LogP contribution in [0.25, 0.3) is 0 Å². The maximum Gasteiger partial charge on any atom is 0.335 e. The Morgan fingerprint density at radius 3 is 2.68 bits per heavy atom. The first-order chi connectivity index (χ1) is 9.19. The van der Waals surface area contributed by atoms with Crippen LogP contribution < -0.4 is 5.32 Å². The number of carboxylic acids is 1. The summed E-state index contributed by atoms with van der Waals surface area (Å²) in [4.78, 5) is 10.9. The van der Waals surface area contributed by atoms with E-state index in [9.17, 15) is 4.79 Å². The Kier molecular flexibility index (Phi) is 4.97. The maximum atomic E-state index is 10.9. The third kappa shape index (κ3) is 4.06. The van der Waals surface area contributed by atoms with Gasteiger partial charge in [0.2, 0.25) is 0 Å². The van der Waals surface area contributed by atoms with Crippen molar-refractivity contribution in [3.8, 4) is 0 Å². The van der Waals surface area contributed by atoms with Crippen LogP contribution in [-0.2, 0) is 6.54 Å². The Hall–Kier alpha value is -1.35. The van der Waals surface area contributed by atoms with E-state index in [1.165, 1.54) is 32.1 Å². The highest BCUT2D eigenvalue weighted by Crippen LogP contribution is 2.26. The van der Waals surface area contributed by atoms with Gasteiger partial charge in [0.05, 0.1) is 5.56 Å². The standard InChI is InChI=1S/C16H23NO2/c1-2-12-6-8-15(9-7-12)17-11-13-4-3-5-14(10-13)16(18)19/h3-5,10,12,15,17H,2,6-9,11H2,1H3,(H,18,19). The quantitative estimate of drug-likeness (QED) is 0.853. The molecule has 2 N–H and O–H groups in total. The number of carboxylic acid groups (broad SMARTS) is 1. The van der Waals surface area contributed by atoms with E-state index in [1.807, 2.05) is 12.1 Å². The largest absolute Gasteiger partial charge is 0.478 e. The fraction of sp³-hybridized carbons (Fsp3) is 0.562. The molecule has 1 aromatic rings. The van der Waals surface area contributed by atoms with E-state index >= 15 is 0 Å². The maximum absolute atomic E-state index is 10.9. The van der Waals surface area contributed by atoms with Crippen LogP contribution in [0.2, 0.25) is 0 Å². The van der Waals surface area contributed by atoms with Crippen molar-refractivity contribution in [1.29, 1.82) is 0 Å². The molecule has 1 saturated carbocycles. The molecular weight excluding hydrogens is 238 g/mol. The molecule has 0 bridgehead atoms. The summed E-state index contributed by atoms with van der Waals surface area (Å²) >= 11 is 0. The predicted octanol–water partition coefficient (Wildman–Crippen LogP) is 3.44. The molecule has 0 radical (unpaired) electrons. The first-order valence-electron chi connectivity index (χ1n) is 7.24. The van der Waals surface area contributed by atoms with Gasteiger partial charge in [0, 0.05) is 12.6 Å². The second-order valence-electron chi connectivity index (χ2n) is 5.51. The molecule has 1 fully saturated rings. The number of hydrogen-bond donors (Lipinski definition) is 2. The van der Waals surface area contributed by atoms with Crippen molar-refractivity contribution in [2.75, 3.05) is 0 Å². The Labute approximate surface area is 115 Å². The SMILES string of the molecule is CCC1CCC(NCc2cccc(C(=O)O)c2)CC1. The van der Waals surface area contributed by atoms with E-state index in [4.69, 9.17) is 5.11 Å². The lowest BCUT2D eigenvalue weighted by atomic mass is 9.84. The average Bonchev–Trinajstić information content (AvgIpc) is 2.46. The van der Waals surface area contributed by atoms with Crippen LogP contribution in [0.1, 0.15) is 54.9 Å². The van der Waals surface area contributed by atoms with E-state index in [-0.39, 0.29) is 0 Å². The molecule has 0 spiro atoms. The number of carbonyl (C=O) groups is 1. The Morgan fingerprint density at radius 1 is 1.32 bits per heavy atom. The summed E-state index contributed by atoms with van der Waals surface area (Å²) in [5.41, 5.74) is 1.42. The van der Waals surface area contributed by atoms with Crippen LogP contribution >= 0.6 is 0 Å². The van der Waals surface area contributed by atoms with Gasteiger partial charge in [-0.15, -0.1) is 0 Å². The minimum atomic E-state index is -0.856. The molecule has 3 heteroatoms. The highest BCUT2D eigenvalue weighted by Gasteiger charge is 2.19. The summed E-state index contributed by atoms with van der Waals surface area (Å²) in [5, 5.41) is 12.5. The molecule has 1 aliphatic carbocycles. The van der Waals surface area contributed by atoms with Crippen LogP contribution in [0.5, 0.6) is 0 Å². The van der Waals surface area contributed by atoms with Gasteiger partial charge in [0.25, 0.3) is 0 Å². The monoisotopic (exact) mass is 261 g/mol. The van der Waals surface area contributed by atoms with Gasteiger partial charge in [-0.3, -0.25) is 0 Å². The molecular formula is C16H23NO2. The van der Waals surface area contributed by atoms with Crippen molar-refractivity contribution in [2.45, 2.75) is 51.6 Å². The zero-order valence-corrected chi connectivity index (χ0v) is 11.6. The summed E-state index contributed by atoms with van der Waals surface area (Å²) in [5.74, 6) is 0.0543. The summed E-state index contributed by atoms with van der Waals surface area (Å²) < 4.78 is 0. The van der Waals surface area contributed by atoms with Gasteiger partial charge >= 0.3 is 5.97 Å². The van der Waals surface area contributed by atoms with Gasteiger partial charge < -0.3 is 10.4 Å². The van der Waals surface area contributed by atoms with Gasteiger partial charge in [-0.25, -0.2) is 4.79 Å². The highest BCUT2D eigenvalue weighted by atomic mass is 16.4. The van der Waals surface area contributed by atoms with E-state index in [0.29, 0.717) is 11.6 Å². The van der Waals surface area contributed by atoms with Crippen molar-refractivity contribution in [3.05, 3.63) is 35.4 Å². The smallest absolute Gasteiger partial charge is 0.335 e. The van der Waals surface area contributed by atoms with Gasteiger partial charge in [0.1, 0.15) is 0 Å². The third-order valence-electron chi connectivity index (χ3n) is 4.19. The van der Waals surface area contributed by atoms with Gasteiger partial charge in [0.15, 0.2) is 0 Å². The molecule has 0 heterocycles. The van der Waals surface area contributed by atoms with Crippen molar-refractivity contribution in [3.63, 3.8) is 0 Å². The van der Waals surface area contributed by atoms with Crippen LogP contribution in [0.3, 0.4) is 0 Å². The normalized spacial score (nSPS) is 23.2. The third-order valence-corrected chi connectivity index (χ3v) is 4.19. The molecule has 0 saturated heterocycles. The van der Waals surface area contributed by atoms with E-state index in [1.54, 1.807) is 12.1 Å². The molecule has 0 aliphatic heterocycles. The van der Waals surface area contributed by atoms with Gasteiger partial charge in [-0.1, -0.05) is 25.5 Å². The topological polar surface area (TPSA) is 49.3 Å². The summed E-state index contributed by atoms with van der Waals surface area (Å²) in [6, 6.07) is 7.79. The lowest BCUT2D eigenvalue weighted by Crippen LogP contribution is -2.32. The molecule has 3 nitrogen and oxygen atoms in total. The Balaban J connectivity index is 1.82. The molecule has 0 atom stereocenters. The molecule has 104 valence electrons. The lowest BCUT2D eigenvalue weighted by Gasteiger charge is -2.28. The number of hydrogen-bond acceptors (Lipinski definition) is 2. The number of rotatable bonds is 5. The Morgan fingerprint density at radius 2 is 2.05 bits per heavy atom. The van der Waals surface area contributed by atoms with Crippen LogP contribution in [0.15, 0.2) is 24.3 Å². The Bertz CT molecular complexity index is 423. The van der Waals surface area contributed by atoms with E-state index in [0.717, 1.165) is 18.0 Å².